The van der Waals surface area contributed by atoms with Crippen LogP contribution in [0.3, 0.4) is 0 Å². The van der Waals surface area contributed by atoms with Crippen LogP contribution in [-0.2, 0) is 19.5 Å². The van der Waals surface area contributed by atoms with Gasteiger partial charge in [0.25, 0.3) is 11.5 Å². The third-order valence-corrected chi connectivity index (χ3v) is 10.9. The zero-order chi connectivity index (χ0) is 36.9. The average Bonchev–Trinajstić information content (AvgIpc) is 3.63. The summed E-state index contributed by atoms with van der Waals surface area (Å²) in [5.41, 5.74) is 3.07. The van der Waals surface area contributed by atoms with Crippen molar-refractivity contribution in [2.75, 3.05) is 26.2 Å². The highest BCUT2D eigenvalue weighted by molar-refractivity contribution is 5.92. The van der Waals surface area contributed by atoms with Crippen molar-refractivity contribution >= 4 is 16.9 Å². The topological polar surface area (TPSA) is 119 Å². The molecule has 1 aliphatic carbocycles. The lowest BCUT2D eigenvalue weighted by Gasteiger charge is -2.30. The minimum atomic E-state index is -0.647. The van der Waals surface area contributed by atoms with Crippen LogP contribution >= 0.6 is 0 Å². The van der Waals surface area contributed by atoms with Crippen LogP contribution in [0.5, 0.6) is 0 Å². The fourth-order valence-electron chi connectivity index (χ4n) is 7.84. The van der Waals surface area contributed by atoms with Crippen LogP contribution in [0, 0.1) is 5.82 Å². The van der Waals surface area contributed by atoms with Crippen molar-refractivity contribution in [2.24, 2.45) is 0 Å². The number of carbonyl (C=O) groups is 1. The second-order valence-electron chi connectivity index (χ2n) is 14.3. The predicted octanol–water partition coefficient (Wildman–Crippen LogP) is 5.62. The average molecular weight is 721 g/mol. The molecule has 11 nitrogen and oxygen atoms in total. The molecule has 3 aromatic heterocycles. The van der Waals surface area contributed by atoms with Gasteiger partial charge in [0.1, 0.15) is 17.3 Å². The van der Waals surface area contributed by atoms with Crippen molar-refractivity contribution < 1.29 is 9.18 Å². The summed E-state index contributed by atoms with van der Waals surface area (Å²) in [6.45, 7) is 10.2. The number of nitrogens with zero attached hydrogens (tertiary/aromatic N) is 6. The molecule has 0 bridgehead atoms. The molecule has 4 heterocycles. The second kappa shape index (κ2) is 16.4. The van der Waals surface area contributed by atoms with E-state index in [1.807, 2.05) is 24.4 Å². The molecule has 0 atom stereocenters. The van der Waals surface area contributed by atoms with E-state index in [9.17, 15) is 18.8 Å². The van der Waals surface area contributed by atoms with Crippen molar-refractivity contribution in [3.05, 3.63) is 111 Å². The quantitative estimate of drug-likeness (QED) is 0.152. The molecule has 0 spiro atoms. The Labute approximate surface area is 308 Å². The Kier molecular flexibility index (Phi) is 11.3. The Balaban J connectivity index is 1.08. The van der Waals surface area contributed by atoms with E-state index in [1.165, 1.54) is 14.7 Å². The van der Waals surface area contributed by atoms with Crippen LogP contribution in [0.4, 0.5) is 4.39 Å². The molecule has 1 aliphatic heterocycles. The Morgan fingerprint density at radius 3 is 2.53 bits per heavy atom. The molecule has 1 amide bonds. The predicted molar refractivity (Wildman–Crippen MR) is 205 cm³/mol. The number of carbonyl (C=O) groups excluding carboxylic acids is 1. The van der Waals surface area contributed by atoms with Crippen molar-refractivity contribution in [1.82, 2.24) is 39.2 Å². The summed E-state index contributed by atoms with van der Waals surface area (Å²) < 4.78 is 19.3. The van der Waals surface area contributed by atoms with Crippen LogP contribution in [0.25, 0.3) is 27.8 Å². The molecule has 0 saturated heterocycles. The maximum absolute atomic E-state index is 14.6. The van der Waals surface area contributed by atoms with E-state index < -0.39 is 23.1 Å². The molecule has 2 aliphatic rings. The number of fused-ring (bicyclic) bond motifs is 2. The standard InChI is InChI=1S/C41H49FN8O3/c1-3-47(4-2)21-8-20-43-25-28-12-14-29(15-13-28)30-9-7-10-34(23-30)49-38-35(24-31(42)26-44-38)40(52)50(41(49)53)33-18-16-32(17-19-33)45-39(51)36-27-48-22-6-5-11-37(48)46-36/h7,9-10,12-15,23-24,26-27,32-33,43H,3-6,8,11,16-22,25H2,1-2H3,(H,45,51). The van der Waals surface area contributed by atoms with Crippen LogP contribution < -0.4 is 21.9 Å². The number of rotatable bonds is 13. The van der Waals surface area contributed by atoms with Gasteiger partial charge in [-0.3, -0.25) is 14.2 Å². The molecule has 1 saturated carbocycles. The van der Waals surface area contributed by atoms with Gasteiger partial charge in [0.05, 0.1) is 17.3 Å². The van der Waals surface area contributed by atoms with E-state index in [2.05, 4.69) is 68.2 Å². The van der Waals surface area contributed by atoms with Gasteiger partial charge in [0, 0.05) is 37.8 Å². The number of halogens is 1. The van der Waals surface area contributed by atoms with Gasteiger partial charge in [-0.1, -0.05) is 50.2 Å². The van der Waals surface area contributed by atoms with Crippen molar-refractivity contribution in [3.63, 3.8) is 0 Å². The zero-order valence-electron chi connectivity index (χ0n) is 30.7. The number of imidazole rings is 1. The summed E-state index contributed by atoms with van der Waals surface area (Å²) in [6.07, 6.45) is 9.20. The number of hydrogen-bond acceptors (Lipinski definition) is 7. The molecule has 7 rings (SSSR count). The number of pyridine rings is 1. The lowest BCUT2D eigenvalue weighted by atomic mass is 9.90. The molecule has 2 N–H and O–H groups in total. The monoisotopic (exact) mass is 720 g/mol. The van der Waals surface area contributed by atoms with Gasteiger partial charge in [-0.15, -0.1) is 0 Å². The molecule has 0 unspecified atom stereocenters. The largest absolute Gasteiger partial charge is 0.348 e. The lowest BCUT2D eigenvalue weighted by Crippen LogP contribution is -2.45. The molecule has 0 radical (unpaired) electrons. The Hall–Kier alpha value is -4.94. The summed E-state index contributed by atoms with van der Waals surface area (Å²) in [4.78, 5) is 52.5. The number of nitrogens with one attached hydrogen (secondary N) is 2. The Morgan fingerprint density at radius 2 is 1.77 bits per heavy atom. The van der Waals surface area contributed by atoms with E-state index >= 15 is 0 Å². The third-order valence-electron chi connectivity index (χ3n) is 10.9. The second-order valence-corrected chi connectivity index (χ2v) is 14.3. The van der Waals surface area contributed by atoms with Gasteiger partial charge in [0.15, 0.2) is 5.65 Å². The minimum Gasteiger partial charge on any atom is -0.348 e. The van der Waals surface area contributed by atoms with Crippen molar-refractivity contribution in [3.8, 4) is 16.8 Å². The lowest BCUT2D eigenvalue weighted by molar-refractivity contribution is 0.0917. The first kappa shape index (κ1) is 36.4. The normalized spacial score (nSPS) is 17.3. The van der Waals surface area contributed by atoms with Gasteiger partial charge in [-0.2, -0.15) is 0 Å². The zero-order valence-corrected chi connectivity index (χ0v) is 30.7. The molecule has 1 fully saturated rings. The number of benzene rings is 2. The molecule has 5 aromatic rings. The van der Waals surface area contributed by atoms with Crippen LogP contribution in [0.15, 0.2) is 76.6 Å². The van der Waals surface area contributed by atoms with E-state index in [-0.39, 0.29) is 23.0 Å². The molecule has 278 valence electrons. The van der Waals surface area contributed by atoms with Gasteiger partial charge < -0.3 is 20.1 Å². The summed E-state index contributed by atoms with van der Waals surface area (Å²) in [5, 5.41) is 6.70. The maximum Gasteiger partial charge on any atom is 0.337 e. The first-order chi connectivity index (χ1) is 25.8. The number of aryl methyl sites for hydroxylation is 2. The SMILES string of the molecule is CCN(CC)CCCNCc1ccc(-c2cccc(-n3c(=O)n(C4CCC(NC(=O)c5cn6c(n5)CCCC6)CC4)c(=O)c4cc(F)cnc43)c2)cc1. The summed E-state index contributed by atoms with van der Waals surface area (Å²) in [7, 11) is 0. The van der Waals surface area contributed by atoms with Crippen molar-refractivity contribution in [2.45, 2.75) is 90.4 Å². The fraction of sp³-hybridized carbons (Fsp3) is 0.439. The van der Waals surface area contributed by atoms with Gasteiger partial charge in [0.2, 0.25) is 0 Å². The fourth-order valence-corrected chi connectivity index (χ4v) is 7.84. The van der Waals surface area contributed by atoms with E-state index in [0.717, 1.165) is 94.2 Å². The van der Waals surface area contributed by atoms with Crippen LogP contribution in [0.1, 0.15) is 86.7 Å². The van der Waals surface area contributed by atoms with Gasteiger partial charge >= 0.3 is 5.69 Å². The molecular formula is C41H49FN8O3. The highest BCUT2D eigenvalue weighted by atomic mass is 19.1. The van der Waals surface area contributed by atoms with Crippen LogP contribution in [0.2, 0.25) is 0 Å². The summed E-state index contributed by atoms with van der Waals surface area (Å²) in [6, 6.07) is 16.6. The molecule has 12 heteroatoms. The summed E-state index contributed by atoms with van der Waals surface area (Å²) in [5.74, 6) is 0.104. The number of aromatic nitrogens is 5. The number of hydrogen-bond donors (Lipinski definition) is 2. The highest BCUT2D eigenvalue weighted by Crippen LogP contribution is 2.29. The molecule has 2 aromatic carbocycles. The first-order valence-corrected chi connectivity index (χ1v) is 19.2. The van der Waals surface area contributed by atoms with E-state index in [4.69, 9.17) is 0 Å². The third kappa shape index (κ3) is 8.03. The Morgan fingerprint density at radius 1 is 0.981 bits per heavy atom. The smallest absolute Gasteiger partial charge is 0.337 e. The van der Waals surface area contributed by atoms with Gasteiger partial charge in [-0.25, -0.2) is 23.7 Å². The molecule has 53 heavy (non-hydrogen) atoms. The number of amides is 1. The van der Waals surface area contributed by atoms with Gasteiger partial charge in [-0.05, 0) is 106 Å². The molecular weight excluding hydrogens is 672 g/mol. The summed E-state index contributed by atoms with van der Waals surface area (Å²) >= 11 is 0. The Bertz CT molecular complexity index is 2160. The maximum atomic E-state index is 14.6. The van der Waals surface area contributed by atoms with Crippen LogP contribution in [-0.4, -0.2) is 66.7 Å². The first-order valence-electron chi connectivity index (χ1n) is 19.2. The minimum absolute atomic E-state index is 0.0446. The van der Waals surface area contributed by atoms with Crippen molar-refractivity contribution in [1.29, 1.82) is 0 Å². The highest BCUT2D eigenvalue weighted by Gasteiger charge is 2.29. The van der Waals surface area contributed by atoms with E-state index in [0.29, 0.717) is 37.1 Å². The van der Waals surface area contributed by atoms with E-state index in [1.54, 1.807) is 6.07 Å².